The lowest BCUT2D eigenvalue weighted by atomic mass is 10.1. The molecule has 0 fully saturated rings. The molecule has 3 nitrogen and oxygen atoms in total. The van der Waals surface area contributed by atoms with Gasteiger partial charge in [-0.3, -0.25) is 0 Å². The Hall–Kier alpha value is -3.07. The van der Waals surface area contributed by atoms with Crippen LogP contribution in [-0.4, -0.2) is 16.7 Å². The number of hydrogen-bond donors (Lipinski definition) is 0. The molecule has 3 aromatic carbocycles. The van der Waals surface area contributed by atoms with Crippen LogP contribution in [0.3, 0.4) is 0 Å². The van der Waals surface area contributed by atoms with Gasteiger partial charge < -0.3 is 9.30 Å². The first kappa shape index (κ1) is 15.5. The summed E-state index contributed by atoms with van der Waals surface area (Å²) in [6.45, 7) is 2.95. The maximum absolute atomic E-state index is 5.28. The molecule has 0 radical (unpaired) electrons. The molecule has 0 unspecified atom stereocenters. The molecule has 0 aliphatic rings. The third-order valence-electron chi connectivity index (χ3n) is 4.59. The summed E-state index contributed by atoms with van der Waals surface area (Å²) >= 11 is 0. The first-order chi connectivity index (χ1) is 12.3. The highest BCUT2D eigenvalue weighted by molar-refractivity contribution is 5.80. The highest BCUT2D eigenvalue weighted by atomic mass is 16.5. The van der Waals surface area contributed by atoms with E-state index >= 15 is 0 Å². The number of aryl methyl sites for hydroxylation is 1. The van der Waals surface area contributed by atoms with Gasteiger partial charge in [0.25, 0.3) is 0 Å². The van der Waals surface area contributed by atoms with Crippen LogP contribution in [0.2, 0.25) is 0 Å². The Morgan fingerprint density at radius 2 is 1.60 bits per heavy atom. The summed E-state index contributed by atoms with van der Waals surface area (Å²) < 4.78 is 7.57. The van der Waals surface area contributed by atoms with E-state index in [1.165, 1.54) is 11.1 Å². The molecule has 1 heterocycles. The van der Waals surface area contributed by atoms with E-state index in [1.54, 1.807) is 7.11 Å². The first-order valence-electron chi connectivity index (χ1n) is 8.40. The van der Waals surface area contributed by atoms with Crippen LogP contribution in [-0.2, 0) is 6.54 Å². The number of benzene rings is 3. The van der Waals surface area contributed by atoms with E-state index in [2.05, 4.69) is 66.1 Å². The molecule has 4 rings (SSSR count). The summed E-state index contributed by atoms with van der Waals surface area (Å²) in [7, 11) is 1.68. The highest BCUT2D eigenvalue weighted by Crippen LogP contribution is 2.27. The summed E-state index contributed by atoms with van der Waals surface area (Å²) in [5, 5.41) is 0. The Bertz CT molecular complexity index is 1020. The van der Waals surface area contributed by atoms with Crippen molar-refractivity contribution in [1.82, 2.24) is 9.55 Å². The Balaban J connectivity index is 1.87. The highest BCUT2D eigenvalue weighted by Gasteiger charge is 2.13. The van der Waals surface area contributed by atoms with Gasteiger partial charge in [-0.25, -0.2) is 4.98 Å². The van der Waals surface area contributed by atoms with E-state index in [0.29, 0.717) is 0 Å². The fraction of sp³-hybridized carbons (Fsp3) is 0.136. The number of para-hydroxylation sites is 2. The van der Waals surface area contributed by atoms with E-state index in [-0.39, 0.29) is 0 Å². The molecule has 0 aliphatic carbocycles. The third-order valence-corrected chi connectivity index (χ3v) is 4.59. The van der Waals surface area contributed by atoms with E-state index < -0.39 is 0 Å². The largest absolute Gasteiger partial charge is 0.497 e. The number of nitrogens with zero attached hydrogens (tertiary/aromatic N) is 2. The molecule has 124 valence electrons. The fourth-order valence-corrected chi connectivity index (χ4v) is 3.15. The third kappa shape index (κ3) is 2.89. The summed E-state index contributed by atoms with van der Waals surface area (Å²) in [6.07, 6.45) is 0. The molecule has 3 heteroatoms. The van der Waals surface area contributed by atoms with Crippen molar-refractivity contribution in [1.29, 1.82) is 0 Å². The molecule has 0 aliphatic heterocycles. The van der Waals surface area contributed by atoms with Crippen LogP contribution in [0.4, 0.5) is 0 Å². The second-order valence-corrected chi connectivity index (χ2v) is 6.17. The zero-order valence-corrected chi connectivity index (χ0v) is 14.4. The van der Waals surface area contributed by atoms with Crippen LogP contribution >= 0.6 is 0 Å². The number of rotatable bonds is 4. The Labute approximate surface area is 147 Å². The van der Waals surface area contributed by atoms with Crippen LogP contribution < -0.4 is 4.74 Å². The standard InChI is InChI=1S/C22H20N2O/c1-16-7-3-4-8-18(16)15-24-21-10-6-5-9-20(21)23-22(24)17-11-13-19(25-2)14-12-17/h3-14H,15H2,1-2H3. The topological polar surface area (TPSA) is 27.1 Å². The number of methoxy groups -OCH3 is 1. The van der Waals surface area contributed by atoms with Gasteiger partial charge in [0.15, 0.2) is 0 Å². The van der Waals surface area contributed by atoms with Crippen LogP contribution in [0, 0.1) is 6.92 Å². The minimum atomic E-state index is 0.800. The molecule has 0 N–H and O–H groups in total. The second-order valence-electron chi connectivity index (χ2n) is 6.17. The van der Waals surface area contributed by atoms with Crippen molar-refractivity contribution < 1.29 is 4.74 Å². The smallest absolute Gasteiger partial charge is 0.141 e. The molecule has 1 aromatic heterocycles. The van der Waals surface area contributed by atoms with E-state index in [4.69, 9.17) is 9.72 Å². The summed E-state index contributed by atoms with van der Waals surface area (Å²) in [6, 6.07) is 24.9. The van der Waals surface area contributed by atoms with E-state index in [0.717, 1.165) is 34.7 Å². The van der Waals surface area contributed by atoms with Gasteiger partial charge in [0.05, 0.1) is 18.1 Å². The van der Waals surface area contributed by atoms with Crippen molar-refractivity contribution in [3.8, 4) is 17.1 Å². The summed E-state index contributed by atoms with van der Waals surface area (Å²) in [5.41, 5.74) is 5.85. The average molecular weight is 328 g/mol. The van der Waals surface area contributed by atoms with Crippen molar-refractivity contribution in [2.24, 2.45) is 0 Å². The van der Waals surface area contributed by atoms with E-state index in [1.807, 2.05) is 18.2 Å². The van der Waals surface area contributed by atoms with Crippen molar-refractivity contribution in [2.75, 3.05) is 7.11 Å². The van der Waals surface area contributed by atoms with Gasteiger partial charge in [0, 0.05) is 12.1 Å². The molecule has 0 spiro atoms. The molecule has 4 aromatic rings. The lowest BCUT2D eigenvalue weighted by Crippen LogP contribution is -2.03. The van der Waals surface area contributed by atoms with Crippen LogP contribution in [0.15, 0.2) is 72.8 Å². The summed E-state index contributed by atoms with van der Waals surface area (Å²) in [4.78, 5) is 4.89. The Kier molecular flexibility index (Phi) is 3.98. The van der Waals surface area contributed by atoms with Gasteiger partial charge >= 0.3 is 0 Å². The molecule has 25 heavy (non-hydrogen) atoms. The zero-order chi connectivity index (χ0) is 17.2. The predicted octanol–water partition coefficient (Wildman–Crippen LogP) is 5.07. The van der Waals surface area contributed by atoms with Crippen molar-refractivity contribution >= 4 is 11.0 Å². The summed E-state index contributed by atoms with van der Waals surface area (Å²) in [5.74, 6) is 1.83. The molecule has 0 saturated carbocycles. The van der Waals surface area contributed by atoms with Crippen LogP contribution in [0.5, 0.6) is 5.75 Å². The van der Waals surface area contributed by atoms with Crippen LogP contribution in [0.25, 0.3) is 22.4 Å². The molecule has 0 saturated heterocycles. The predicted molar refractivity (Wildman–Crippen MR) is 102 cm³/mol. The monoisotopic (exact) mass is 328 g/mol. The van der Waals surface area contributed by atoms with Gasteiger partial charge in [0.1, 0.15) is 11.6 Å². The van der Waals surface area contributed by atoms with Gasteiger partial charge in [-0.05, 0) is 54.4 Å². The van der Waals surface area contributed by atoms with E-state index in [9.17, 15) is 0 Å². The molecule has 0 bridgehead atoms. The number of aromatic nitrogens is 2. The average Bonchev–Trinajstić information content (AvgIpc) is 3.02. The van der Waals surface area contributed by atoms with Gasteiger partial charge in [-0.15, -0.1) is 0 Å². The molecular weight excluding hydrogens is 308 g/mol. The quantitative estimate of drug-likeness (QED) is 0.523. The molecular formula is C22H20N2O. The van der Waals surface area contributed by atoms with Crippen molar-refractivity contribution in [3.05, 3.63) is 83.9 Å². The molecule has 0 amide bonds. The van der Waals surface area contributed by atoms with Crippen LogP contribution in [0.1, 0.15) is 11.1 Å². The first-order valence-corrected chi connectivity index (χ1v) is 8.40. The number of fused-ring (bicyclic) bond motifs is 1. The number of hydrogen-bond acceptors (Lipinski definition) is 2. The maximum atomic E-state index is 5.28. The maximum Gasteiger partial charge on any atom is 0.141 e. The SMILES string of the molecule is COc1ccc(-c2nc3ccccc3n2Cc2ccccc2C)cc1. The second kappa shape index (κ2) is 6.44. The van der Waals surface area contributed by atoms with Gasteiger partial charge in [-0.2, -0.15) is 0 Å². The number of imidazole rings is 1. The zero-order valence-electron chi connectivity index (χ0n) is 14.4. The Morgan fingerprint density at radius 1 is 0.880 bits per heavy atom. The van der Waals surface area contributed by atoms with Crippen molar-refractivity contribution in [2.45, 2.75) is 13.5 Å². The van der Waals surface area contributed by atoms with Gasteiger partial charge in [0.2, 0.25) is 0 Å². The number of ether oxygens (including phenoxy) is 1. The normalized spacial score (nSPS) is 11.0. The minimum absolute atomic E-state index is 0.800. The lowest BCUT2D eigenvalue weighted by Gasteiger charge is -2.12. The minimum Gasteiger partial charge on any atom is -0.497 e. The van der Waals surface area contributed by atoms with Gasteiger partial charge in [-0.1, -0.05) is 36.4 Å². The molecule has 0 atom stereocenters. The lowest BCUT2D eigenvalue weighted by molar-refractivity contribution is 0.415. The fourth-order valence-electron chi connectivity index (χ4n) is 3.15. The van der Waals surface area contributed by atoms with Crippen molar-refractivity contribution in [3.63, 3.8) is 0 Å². The Morgan fingerprint density at radius 3 is 2.36 bits per heavy atom.